The maximum absolute atomic E-state index is 10.9. The fraction of sp³-hybridized carbons (Fsp3) is 0.875. The molecule has 1 rings (SSSR count). The van der Waals surface area contributed by atoms with Crippen LogP contribution in [0, 0.1) is 0 Å². The molecule has 9 nitrogen and oxygen atoms in total. The first-order valence-electron chi connectivity index (χ1n) is 5.16. The minimum atomic E-state index is -4.85. The van der Waals surface area contributed by atoms with Crippen LogP contribution < -0.4 is 5.32 Å². The van der Waals surface area contributed by atoms with Gasteiger partial charge in [-0.2, -0.15) is 0 Å². The van der Waals surface area contributed by atoms with Gasteiger partial charge in [-0.3, -0.25) is 9.32 Å². The Balaban J connectivity index is 2.79. The van der Waals surface area contributed by atoms with E-state index in [4.69, 9.17) is 19.6 Å². The summed E-state index contributed by atoms with van der Waals surface area (Å²) in [5, 5.41) is 21.2. The lowest BCUT2D eigenvalue weighted by atomic mass is 9.98. The summed E-state index contributed by atoms with van der Waals surface area (Å²) in [4.78, 5) is 28.3. The molecule has 1 heterocycles. The average Bonchev–Trinajstić information content (AvgIpc) is 2.22. The summed E-state index contributed by atoms with van der Waals surface area (Å²) >= 11 is 0. The minimum Gasteiger partial charge on any atom is -0.394 e. The first-order valence-corrected chi connectivity index (χ1v) is 6.69. The maximum atomic E-state index is 10.9. The summed E-state index contributed by atoms with van der Waals surface area (Å²) in [5.41, 5.74) is 0. The molecule has 5 N–H and O–H groups in total. The maximum Gasteiger partial charge on any atom is 0.470 e. The molecule has 0 aromatic carbocycles. The molecule has 1 aliphatic heterocycles. The van der Waals surface area contributed by atoms with Gasteiger partial charge in [0.1, 0.15) is 18.3 Å². The summed E-state index contributed by atoms with van der Waals surface area (Å²) < 4.78 is 20.2. The van der Waals surface area contributed by atoms with E-state index in [2.05, 4.69) is 9.84 Å². The third-order valence-electron chi connectivity index (χ3n) is 2.43. The van der Waals surface area contributed by atoms with E-state index in [-0.39, 0.29) is 6.61 Å². The third kappa shape index (κ3) is 4.29. The van der Waals surface area contributed by atoms with Gasteiger partial charge in [0.2, 0.25) is 5.91 Å². The second-order valence-electron chi connectivity index (χ2n) is 3.91. The van der Waals surface area contributed by atoms with Gasteiger partial charge in [-0.25, -0.2) is 4.57 Å². The van der Waals surface area contributed by atoms with Crippen LogP contribution in [-0.2, 0) is 18.6 Å². The zero-order valence-electron chi connectivity index (χ0n) is 9.59. The predicted octanol–water partition coefficient (Wildman–Crippen LogP) is -2.28. The Kier molecular flexibility index (Phi) is 5.23. The summed E-state index contributed by atoms with van der Waals surface area (Å²) in [5.74, 6) is -0.431. The van der Waals surface area contributed by atoms with Crippen LogP contribution in [0.5, 0.6) is 0 Å². The first kappa shape index (κ1) is 15.5. The number of aliphatic hydroxyl groups is 2. The Labute approximate surface area is 103 Å². The number of carbonyl (C=O) groups is 1. The predicted molar refractivity (Wildman–Crippen MR) is 57.4 cm³/mol. The summed E-state index contributed by atoms with van der Waals surface area (Å²) in [6.07, 6.45) is -3.90. The molecule has 10 heteroatoms. The van der Waals surface area contributed by atoms with Gasteiger partial charge >= 0.3 is 7.82 Å². The van der Waals surface area contributed by atoms with E-state index in [0.29, 0.717) is 0 Å². The number of carbonyl (C=O) groups excluding carboxylic acids is 1. The molecule has 0 bridgehead atoms. The number of rotatable bonds is 4. The van der Waals surface area contributed by atoms with Crippen molar-refractivity contribution in [3.05, 3.63) is 0 Å². The minimum absolute atomic E-state index is 0.0903. The highest BCUT2D eigenvalue weighted by atomic mass is 31.2. The average molecular weight is 285 g/mol. The van der Waals surface area contributed by atoms with Gasteiger partial charge < -0.3 is 30.1 Å². The number of hydrogen-bond acceptors (Lipinski definition) is 6. The van der Waals surface area contributed by atoms with Crippen LogP contribution >= 0.6 is 7.82 Å². The number of phosphoric ester groups is 1. The van der Waals surface area contributed by atoms with Gasteiger partial charge in [-0.15, -0.1) is 0 Å². The van der Waals surface area contributed by atoms with Crippen LogP contribution in [0.15, 0.2) is 0 Å². The monoisotopic (exact) mass is 285 g/mol. The van der Waals surface area contributed by atoms with E-state index in [1.54, 1.807) is 0 Å². The smallest absolute Gasteiger partial charge is 0.394 e. The van der Waals surface area contributed by atoms with Gasteiger partial charge in [0.25, 0.3) is 0 Å². The SMILES string of the molecule is CC(=O)NC1COC(CO)[C@@H](OP(=O)(O)O)C1O. The standard InChI is InChI=1S/C8H16NO8P/c1-4(11)9-5-3-16-6(2-10)8(7(5)12)17-18(13,14)15/h5-8,10,12H,2-3H2,1H3,(H,9,11)(H2,13,14,15)/t5?,6?,7?,8-/m1/s1. The van der Waals surface area contributed by atoms with Crippen LogP contribution in [0.3, 0.4) is 0 Å². The van der Waals surface area contributed by atoms with Gasteiger partial charge in [0.15, 0.2) is 0 Å². The number of amides is 1. The van der Waals surface area contributed by atoms with Crippen molar-refractivity contribution < 1.29 is 38.6 Å². The van der Waals surface area contributed by atoms with Crippen molar-refractivity contribution in [2.75, 3.05) is 13.2 Å². The fourth-order valence-electron chi connectivity index (χ4n) is 1.70. The molecule has 1 amide bonds. The highest BCUT2D eigenvalue weighted by Gasteiger charge is 2.43. The lowest BCUT2D eigenvalue weighted by molar-refractivity contribution is -0.160. The Hall–Kier alpha value is -0.540. The second kappa shape index (κ2) is 6.07. The van der Waals surface area contributed by atoms with Crippen molar-refractivity contribution in [3.63, 3.8) is 0 Å². The van der Waals surface area contributed by atoms with E-state index < -0.39 is 44.7 Å². The zero-order valence-corrected chi connectivity index (χ0v) is 10.5. The van der Waals surface area contributed by atoms with E-state index in [1.807, 2.05) is 0 Å². The molecule has 18 heavy (non-hydrogen) atoms. The Morgan fingerprint density at radius 1 is 1.56 bits per heavy atom. The number of hydrogen-bond donors (Lipinski definition) is 5. The summed E-state index contributed by atoms with van der Waals surface area (Å²) in [6, 6.07) is -0.859. The quantitative estimate of drug-likeness (QED) is 0.363. The first-order chi connectivity index (χ1) is 8.24. The normalized spacial score (nSPS) is 33.2. The molecule has 0 spiro atoms. The Bertz CT molecular complexity index is 344. The molecule has 1 fully saturated rings. The molecule has 4 atom stereocenters. The van der Waals surface area contributed by atoms with Gasteiger partial charge in [0.05, 0.1) is 19.3 Å². The molecule has 1 saturated heterocycles. The molecule has 106 valence electrons. The van der Waals surface area contributed by atoms with Crippen molar-refractivity contribution in [3.8, 4) is 0 Å². The molecule has 1 aliphatic rings. The number of phosphoric acid groups is 1. The third-order valence-corrected chi connectivity index (χ3v) is 2.95. The van der Waals surface area contributed by atoms with Gasteiger partial charge in [-0.1, -0.05) is 0 Å². The fourth-order valence-corrected chi connectivity index (χ4v) is 2.28. The van der Waals surface area contributed by atoms with Gasteiger partial charge in [-0.05, 0) is 0 Å². The van der Waals surface area contributed by atoms with Crippen LogP contribution in [-0.4, -0.2) is 63.5 Å². The second-order valence-corrected chi connectivity index (χ2v) is 5.10. The largest absolute Gasteiger partial charge is 0.470 e. The van der Waals surface area contributed by atoms with Crippen molar-refractivity contribution in [2.24, 2.45) is 0 Å². The van der Waals surface area contributed by atoms with Crippen LogP contribution in [0.1, 0.15) is 6.92 Å². The molecule has 0 radical (unpaired) electrons. The van der Waals surface area contributed by atoms with Crippen LogP contribution in [0.2, 0.25) is 0 Å². The topological polar surface area (TPSA) is 146 Å². The number of nitrogens with one attached hydrogen (secondary N) is 1. The van der Waals surface area contributed by atoms with E-state index in [0.717, 1.165) is 0 Å². The van der Waals surface area contributed by atoms with Crippen LogP contribution in [0.25, 0.3) is 0 Å². The van der Waals surface area contributed by atoms with Gasteiger partial charge in [0, 0.05) is 6.92 Å². The lowest BCUT2D eigenvalue weighted by Gasteiger charge is -2.39. The highest BCUT2D eigenvalue weighted by Crippen LogP contribution is 2.40. The lowest BCUT2D eigenvalue weighted by Crippen LogP contribution is -2.60. The molecule has 0 saturated carbocycles. The number of ether oxygens (including phenoxy) is 1. The summed E-state index contributed by atoms with van der Waals surface area (Å²) in [7, 11) is -4.85. The molecule has 0 aromatic heterocycles. The van der Waals surface area contributed by atoms with Crippen LogP contribution in [0.4, 0.5) is 0 Å². The molecule has 0 aromatic rings. The Morgan fingerprint density at radius 2 is 2.17 bits per heavy atom. The molecule has 0 aliphatic carbocycles. The van der Waals surface area contributed by atoms with E-state index in [1.165, 1.54) is 6.92 Å². The Morgan fingerprint density at radius 3 is 2.61 bits per heavy atom. The van der Waals surface area contributed by atoms with Crippen molar-refractivity contribution in [1.29, 1.82) is 0 Å². The zero-order chi connectivity index (χ0) is 13.9. The molecular weight excluding hydrogens is 269 g/mol. The summed E-state index contributed by atoms with van der Waals surface area (Å²) in [6.45, 7) is 0.561. The molecular formula is C8H16NO8P. The van der Waals surface area contributed by atoms with Crippen molar-refractivity contribution >= 4 is 13.7 Å². The van der Waals surface area contributed by atoms with E-state index >= 15 is 0 Å². The van der Waals surface area contributed by atoms with E-state index in [9.17, 15) is 14.5 Å². The molecule has 3 unspecified atom stereocenters. The number of aliphatic hydroxyl groups excluding tert-OH is 2. The van der Waals surface area contributed by atoms with Crippen molar-refractivity contribution in [2.45, 2.75) is 31.3 Å². The highest BCUT2D eigenvalue weighted by molar-refractivity contribution is 7.46. The van der Waals surface area contributed by atoms with Crippen molar-refractivity contribution in [1.82, 2.24) is 5.32 Å².